The molecule has 0 fully saturated rings. The molecular formula is C12H9F3N2OS. The van der Waals surface area contributed by atoms with Crippen molar-refractivity contribution in [1.29, 1.82) is 0 Å². The van der Waals surface area contributed by atoms with Crippen molar-refractivity contribution in [3.8, 4) is 17.0 Å². The van der Waals surface area contributed by atoms with Gasteiger partial charge in [-0.25, -0.2) is 4.98 Å². The highest BCUT2D eigenvalue weighted by Gasteiger charge is 2.34. The van der Waals surface area contributed by atoms with Crippen LogP contribution in [0.5, 0.6) is 5.75 Å². The molecule has 0 unspecified atom stereocenters. The number of ether oxygens (including phenoxy) is 1. The number of hydrogen-bond acceptors (Lipinski definition) is 3. The van der Waals surface area contributed by atoms with Crippen LogP contribution in [0.4, 0.5) is 13.2 Å². The van der Waals surface area contributed by atoms with Crippen LogP contribution in [0.25, 0.3) is 11.3 Å². The van der Waals surface area contributed by atoms with Crippen LogP contribution < -0.4 is 4.74 Å². The molecule has 0 radical (unpaired) electrons. The molecule has 1 aromatic carbocycles. The van der Waals surface area contributed by atoms with Gasteiger partial charge in [-0.05, 0) is 18.2 Å². The fourth-order valence-electron chi connectivity index (χ4n) is 1.60. The number of aromatic nitrogens is 2. The Hall–Kier alpha value is -1.89. The average Bonchev–Trinajstić information content (AvgIpc) is 2.37. The zero-order chi connectivity index (χ0) is 14.0. The van der Waals surface area contributed by atoms with E-state index in [9.17, 15) is 13.2 Å². The number of aromatic amines is 1. The van der Waals surface area contributed by atoms with E-state index in [0.29, 0.717) is 11.3 Å². The van der Waals surface area contributed by atoms with E-state index in [0.717, 1.165) is 0 Å². The fourth-order valence-corrected chi connectivity index (χ4v) is 1.81. The minimum absolute atomic E-state index is 0.132. The molecule has 0 aliphatic carbocycles. The number of alkyl halides is 3. The molecule has 0 spiro atoms. The zero-order valence-corrected chi connectivity index (χ0v) is 10.6. The van der Waals surface area contributed by atoms with E-state index >= 15 is 0 Å². The standard InChI is InChI=1S/C12H9F3N2OS/c1-18-9-5-3-2-4-7(9)8-6-10(19)17-11(16-8)12(13,14)15/h2-6H,1H3,(H,16,17,19). The lowest BCUT2D eigenvalue weighted by Crippen LogP contribution is -2.11. The molecule has 2 aromatic rings. The van der Waals surface area contributed by atoms with Crippen molar-refractivity contribution in [1.82, 2.24) is 9.97 Å². The number of nitrogens with zero attached hydrogens (tertiary/aromatic N) is 1. The fraction of sp³-hybridized carbons (Fsp3) is 0.167. The van der Waals surface area contributed by atoms with Crippen LogP contribution >= 0.6 is 12.2 Å². The largest absolute Gasteiger partial charge is 0.496 e. The summed E-state index contributed by atoms with van der Waals surface area (Å²) in [6, 6.07) is 8.08. The topological polar surface area (TPSA) is 37.9 Å². The Kier molecular flexibility index (Phi) is 3.57. The Labute approximate surface area is 112 Å². The molecule has 2 rings (SSSR count). The van der Waals surface area contributed by atoms with Crippen molar-refractivity contribution in [2.24, 2.45) is 0 Å². The number of nitrogens with one attached hydrogen (secondary N) is 1. The van der Waals surface area contributed by atoms with Crippen molar-refractivity contribution < 1.29 is 17.9 Å². The van der Waals surface area contributed by atoms with Crippen LogP contribution in [0.1, 0.15) is 5.82 Å². The summed E-state index contributed by atoms with van der Waals surface area (Å²) < 4.78 is 43.0. The quantitative estimate of drug-likeness (QED) is 0.852. The number of rotatable bonds is 2. The van der Waals surface area contributed by atoms with Gasteiger partial charge >= 0.3 is 6.18 Å². The number of H-pyrrole nitrogens is 1. The summed E-state index contributed by atoms with van der Waals surface area (Å²) in [6.45, 7) is 0. The molecule has 0 aliphatic heterocycles. The summed E-state index contributed by atoms with van der Waals surface area (Å²) in [4.78, 5) is 5.51. The van der Waals surface area contributed by atoms with E-state index in [-0.39, 0.29) is 10.3 Å². The first kappa shape index (κ1) is 13.5. The van der Waals surface area contributed by atoms with E-state index in [1.54, 1.807) is 24.3 Å². The number of halogens is 3. The molecule has 0 bridgehead atoms. The van der Waals surface area contributed by atoms with Crippen molar-refractivity contribution >= 4 is 12.2 Å². The second-order valence-corrected chi connectivity index (χ2v) is 4.10. The number of methoxy groups -OCH3 is 1. The third kappa shape index (κ3) is 2.93. The predicted octanol–water partition coefficient (Wildman–Crippen LogP) is 3.83. The molecule has 0 amide bonds. The van der Waals surface area contributed by atoms with Gasteiger partial charge in [0.25, 0.3) is 0 Å². The van der Waals surface area contributed by atoms with Crippen LogP contribution in [0.15, 0.2) is 30.3 Å². The van der Waals surface area contributed by atoms with E-state index in [1.165, 1.54) is 13.2 Å². The molecular weight excluding hydrogens is 277 g/mol. The summed E-state index contributed by atoms with van der Waals surface area (Å²) in [5, 5.41) is 0. The number of hydrogen-bond donors (Lipinski definition) is 1. The van der Waals surface area contributed by atoms with Crippen LogP contribution in [0, 0.1) is 4.64 Å². The lowest BCUT2D eigenvalue weighted by atomic mass is 10.1. The SMILES string of the molecule is COc1ccccc1-c1cc(=S)nc(C(F)(F)F)[nH]1. The summed E-state index contributed by atoms with van der Waals surface area (Å²) in [5.74, 6) is -0.673. The Morgan fingerprint density at radius 2 is 1.95 bits per heavy atom. The molecule has 3 nitrogen and oxygen atoms in total. The highest BCUT2D eigenvalue weighted by molar-refractivity contribution is 7.71. The molecule has 7 heteroatoms. The van der Waals surface area contributed by atoms with Gasteiger partial charge in [-0.1, -0.05) is 24.4 Å². The normalized spacial score (nSPS) is 11.4. The first-order chi connectivity index (χ1) is 8.91. The molecule has 1 heterocycles. The molecule has 0 aliphatic rings. The van der Waals surface area contributed by atoms with Crippen molar-refractivity contribution in [3.05, 3.63) is 40.8 Å². The molecule has 0 saturated heterocycles. The lowest BCUT2D eigenvalue weighted by molar-refractivity contribution is -0.145. The predicted molar refractivity (Wildman–Crippen MR) is 66.4 cm³/mol. The van der Waals surface area contributed by atoms with Crippen molar-refractivity contribution in [3.63, 3.8) is 0 Å². The first-order valence-electron chi connectivity index (χ1n) is 5.24. The maximum Gasteiger partial charge on any atom is 0.449 e. The first-order valence-corrected chi connectivity index (χ1v) is 5.64. The number of benzene rings is 1. The number of para-hydroxylation sites is 1. The highest BCUT2D eigenvalue weighted by Crippen LogP contribution is 2.31. The van der Waals surface area contributed by atoms with Gasteiger partial charge in [0.05, 0.1) is 12.8 Å². The minimum atomic E-state index is -4.58. The third-order valence-corrected chi connectivity index (χ3v) is 2.62. The molecule has 100 valence electrons. The second kappa shape index (κ2) is 5.00. The van der Waals surface area contributed by atoms with Crippen LogP contribution in [-0.4, -0.2) is 17.1 Å². The van der Waals surface area contributed by atoms with Gasteiger partial charge in [-0.15, -0.1) is 0 Å². The Balaban J connectivity index is 2.63. The smallest absolute Gasteiger partial charge is 0.449 e. The van der Waals surface area contributed by atoms with Crippen molar-refractivity contribution in [2.75, 3.05) is 7.11 Å². The maximum absolute atomic E-state index is 12.7. The average molecular weight is 286 g/mol. The van der Waals surface area contributed by atoms with Crippen molar-refractivity contribution in [2.45, 2.75) is 6.18 Å². The van der Waals surface area contributed by atoms with Gasteiger partial charge in [-0.2, -0.15) is 13.2 Å². The van der Waals surface area contributed by atoms with Crippen LogP contribution in [0.3, 0.4) is 0 Å². The van der Waals surface area contributed by atoms with Gasteiger partial charge < -0.3 is 9.72 Å². The van der Waals surface area contributed by atoms with Crippen LogP contribution in [0.2, 0.25) is 0 Å². The van der Waals surface area contributed by atoms with E-state index in [2.05, 4.69) is 9.97 Å². The zero-order valence-electron chi connectivity index (χ0n) is 9.78. The van der Waals surface area contributed by atoms with Gasteiger partial charge in [0, 0.05) is 5.56 Å². The molecule has 1 N–H and O–H groups in total. The highest BCUT2D eigenvalue weighted by atomic mass is 32.1. The van der Waals surface area contributed by atoms with Crippen LogP contribution in [-0.2, 0) is 6.18 Å². The summed E-state index contributed by atoms with van der Waals surface area (Å²) >= 11 is 4.76. The summed E-state index contributed by atoms with van der Waals surface area (Å²) in [7, 11) is 1.44. The molecule has 19 heavy (non-hydrogen) atoms. The Morgan fingerprint density at radius 3 is 2.58 bits per heavy atom. The van der Waals surface area contributed by atoms with E-state index < -0.39 is 12.0 Å². The lowest BCUT2D eigenvalue weighted by Gasteiger charge is -2.11. The Morgan fingerprint density at radius 1 is 1.26 bits per heavy atom. The molecule has 0 saturated carbocycles. The van der Waals surface area contributed by atoms with Gasteiger partial charge in [0.2, 0.25) is 5.82 Å². The molecule has 1 aromatic heterocycles. The molecule has 0 atom stereocenters. The monoisotopic (exact) mass is 286 g/mol. The second-order valence-electron chi connectivity index (χ2n) is 3.68. The van der Waals surface area contributed by atoms with E-state index in [4.69, 9.17) is 17.0 Å². The third-order valence-electron chi connectivity index (χ3n) is 2.41. The maximum atomic E-state index is 12.7. The Bertz CT molecular complexity index is 652. The van der Waals surface area contributed by atoms with Gasteiger partial charge in [-0.3, -0.25) is 0 Å². The van der Waals surface area contributed by atoms with Gasteiger partial charge in [0.1, 0.15) is 10.4 Å². The summed E-state index contributed by atoms with van der Waals surface area (Å²) in [5.41, 5.74) is 0.703. The minimum Gasteiger partial charge on any atom is -0.496 e. The van der Waals surface area contributed by atoms with E-state index in [1.807, 2.05) is 0 Å². The van der Waals surface area contributed by atoms with Gasteiger partial charge in [0.15, 0.2) is 0 Å². The summed E-state index contributed by atoms with van der Waals surface area (Å²) in [6.07, 6.45) is -4.58.